The van der Waals surface area contributed by atoms with Crippen molar-refractivity contribution in [2.75, 3.05) is 36.6 Å². The molecule has 0 aromatic carbocycles. The first-order valence-electron chi connectivity index (χ1n) is 9.37. The Balaban J connectivity index is 1.88. The van der Waals surface area contributed by atoms with Gasteiger partial charge < -0.3 is 20.6 Å². The van der Waals surface area contributed by atoms with Crippen molar-refractivity contribution < 1.29 is 5.11 Å². The van der Waals surface area contributed by atoms with Crippen LogP contribution in [0.25, 0.3) is 0 Å². The second-order valence-electron chi connectivity index (χ2n) is 7.13. The number of hydrogen-bond donors (Lipinski definition) is 3. The van der Waals surface area contributed by atoms with E-state index in [0.717, 1.165) is 48.3 Å². The third-order valence-electron chi connectivity index (χ3n) is 5.27. The zero-order chi connectivity index (χ0) is 17.6. The highest BCUT2D eigenvalue weighted by Gasteiger charge is 2.25. The van der Waals surface area contributed by atoms with E-state index in [4.69, 9.17) is 16.6 Å². The normalized spacial score (nSPS) is 24.8. The van der Waals surface area contributed by atoms with E-state index in [-0.39, 0.29) is 12.6 Å². The molecule has 2 aliphatic rings. The highest BCUT2D eigenvalue weighted by molar-refractivity contribution is 6.29. The Bertz CT molecular complexity index is 599. The maximum Gasteiger partial charge on any atom is 0.151 e. The molecule has 0 saturated carbocycles. The van der Waals surface area contributed by atoms with Gasteiger partial charge in [-0.3, -0.25) is 0 Å². The molecule has 138 valence electrons. The van der Waals surface area contributed by atoms with Crippen molar-refractivity contribution in [3.63, 3.8) is 0 Å². The molecule has 3 rings (SSSR count). The van der Waals surface area contributed by atoms with E-state index in [9.17, 15) is 5.11 Å². The summed E-state index contributed by atoms with van der Waals surface area (Å²) >= 11 is 6.31. The Morgan fingerprint density at radius 2 is 2.04 bits per heavy atom. The number of pyridine rings is 1. The number of halogens is 1. The molecule has 0 radical (unpaired) electrons. The van der Waals surface area contributed by atoms with Gasteiger partial charge in [0.05, 0.1) is 5.69 Å². The molecule has 6 heteroatoms. The summed E-state index contributed by atoms with van der Waals surface area (Å²) in [6, 6.07) is 4.30. The fourth-order valence-corrected chi connectivity index (χ4v) is 4.05. The Labute approximate surface area is 155 Å². The average Bonchev–Trinajstić information content (AvgIpc) is 2.96. The number of nitrogens with zero attached hydrogens (tertiary/aromatic N) is 2. The molecule has 0 amide bonds. The van der Waals surface area contributed by atoms with E-state index in [2.05, 4.69) is 34.6 Å². The number of anilines is 2. The smallest absolute Gasteiger partial charge is 0.151 e. The molecule has 3 N–H and O–H groups in total. The zero-order valence-electron chi connectivity index (χ0n) is 15.0. The number of rotatable bonds is 4. The molecule has 1 saturated heterocycles. The van der Waals surface area contributed by atoms with Crippen LogP contribution in [-0.4, -0.2) is 36.5 Å². The number of aliphatic hydroxyl groups excluding tert-OH is 1. The molecule has 1 aromatic rings. The second kappa shape index (κ2) is 8.77. The fraction of sp³-hybridized carbons (Fsp3) is 0.632. The van der Waals surface area contributed by atoms with E-state index in [1.165, 1.54) is 25.7 Å². The maximum absolute atomic E-state index is 9.43. The number of aromatic nitrogens is 1. The van der Waals surface area contributed by atoms with Crippen LogP contribution in [0.3, 0.4) is 0 Å². The van der Waals surface area contributed by atoms with Gasteiger partial charge >= 0.3 is 0 Å². The van der Waals surface area contributed by atoms with Crippen LogP contribution in [0.15, 0.2) is 23.4 Å². The van der Waals surface area contributed by atoms with Crippen LogP contribution in [0.4, 0.5) is 11.5 Å². The van der Waals surface area contributed by atoms with Gasteiger partial charge in [-0.1, -0.05) is 31.4 Å². The summed E-state index contributed by atoms with van der Waals surface area (Å²) in [7, 11) is 0. The molecule has 1 aromatic heterocycles. The quantitative estimate of drug-likeness (QED) is 0.712. The zero-order valence-corrected chi connectivity index (χ0v) is 15.7. The molecule has 2 aliphatic heterocycles. The highest BCUT2D eigenvalue weighted by atomic mass is 35.5. The van der Waals surface area contributed by atoms with Gasteiger partial charge in [-0.2, -0.15) is 0 Å². The topological polar surface area (TPSA) is 60.4 Å². The predicted molar refractivity (Wildman–Crippen MR) is 104 cm³/mol. The van der Waals surface area contributed by atoms with Crippen LogP contribution in [-0.2, 0) is 0 Å². The lowest BCUT2D eigenvalue weighted by Gasteiger charge is -2.27. The van der Waals surface area contributed by atoms with Crippen LogP contribution < -0.4 is 15.5 Å². The fourth-order valence-electron chi connectivity index (χ4n) is 3.81. The summed E-state index contributed by atoms with van der Waals surface area (Å²) in [4.78, 5) is 7.29. The first kappa shape index (κ1) is 18.3. The number of nitrogens with one attached hydrogen (secondary N) is 2. The van der Waals surface area contributed by atoms with Gasteiger partial charge in [0.25, 0.3) is 0 Å². The van der Waals surface area contributed by atoms with Crippen molar-refractivity contribution in [3.05, 3.63) is 29.1 Å². The lowest BCUT2D eigenvalue weighted by atomic mass is 9.88. The monoisotopic (exact) mass is 364 g/mol. The molecule has 1 unspecified atom stereocenters. The van der Waals surface area contributed by atoms with Gasteiger partial charge in [0, 0.05) is 42.5 Å². The summed E-state index contributed by atoms with van der Waals surface area (Å²) in [6.07, 6.45) is 7.71. The molecule has 0 aliphatic carbocycles. The SMILES string of the molecule is C[C@H]1CNC=C(Cl)CC1c1ccc(N2CCCCCC2)c(NCO)n1. The van der Waals surface area contributed by atoms with E-state index in [0.29, 0.717) is 5.92 Å². The van der Waals surface area contributed by atoms with Gasteiger partial charge in [0.1, 0.15) is 6.73 Å². The first-order chi connectivity index (χ1) is 12.2. The van der Waals surface area contributed by atoms with Gasteiger partial charge in [0.15, 0.2) is 5.82 Å². The summed E-state index contributed by atoms with van der Waals surface area (Å²) in [6.45, 7) is 5.11. The van der Waals surface area contributed by atoms with Crippen molar-refractivity contribution in [1.82, 2.24) is 10.3 Å². The number of hydrogen-bond acceptors (Lipinski definition) is 5. The largest absolute Gasteiger partial charge is 0.390 e. The van der Waals surface area contributed by atoms with Crippen LogP contribution in [0.1, 0.15) is 50.6 Å². The molecule has 0 spiro atoms. The van der Waals surface area contributed by atoms with Crippen molar-refractivity contribution in [2.24, 2.45) is 5.92 Å². The molecular weight excluding hydrogens is 336 g/mol. The van der Waals surface area contributed by atoms with Gasteiger partial charge in [-0.15, -0.1) is 0 Å². The average molecular weight is 365 g/mol. The molecule has 25 heavy (non-hydrogen) atoms. The molecule has 1 fully saturated rings. The molecule has 5 nitrogen and oxygen atoms in total. The lowest BCUT2D eigenvalue weighted by molar-refractivity contribution is 0.325. The minimum atomic E-state index is -0.111. The van der Waals surface area contributed by atoms with E-state index in [1.54, 1.807) is 0 Å². The Kier molecular flexibility index (Phi) is 6.43. The Morgan fingerprint density at radius 3 is 2.76 bits per heavy atom. The van der Waals surface area contributed by atoms with E-state index < -0.39 is 0 Å². The maximum atomic E-state index is 9.43. The molecule has 3 heterocycles. The van der Waals surface area contributed by atoms with Crippen molar-refractivity contribution in [2.45, 2.75) is 44.9 Å². The van der Waals surface area contributed by atoms with Crippen LogP contribution in [0, 0.1) is 5.92 Å². The van der Waals surface area contributed by atoms with Gasteiger partial charge in [-0.25, -0.2) is 4.98 Å². The van der Waals surface area contributed by atoms with Crippen LogP contribution in [0.2, 0.25) is 0 Å². The third kappa shape index (κ3) is 4.59. The van der Waals surface area contributed by atoms with Crippen molar-refractivity contribution >= 4 is 23.1 Å². The van der Waals surface area contributed by atoms with Crippen LogP contribution >= 0.6 is 11.6 Å². The highest BCUT2D eigenvalue weighted by Crippen LogP contribution is 2.35. The summed E-state index contributed by atoms with van der Waals surface area (Å²) in [5.74, 6) is 1.49. The number of aliphatic hydroxyl groups is 1. The Morgan fingerprint density at radius 1 is 1.28 bits per heavy atom. The third-order valence-corrected chi connectivity index (χ3v) is 5.53. The van der Waals surface area contributed by atoms with E-state index in [1.807, 2.05) is 6.20 Å². The van der Waals surface area contributed by atoms with Crippen LogP contribution in [0.5, 0.6) is 0 Å². The Hall–Kier alpha value is -1.46. The minimum Gasteiger partial charge on any atom is -0.390 e. The standard InChI is InChI=1S/C19H29ClN4O/c1-14-11-21-12-15(20)10-16(14)17-6-7-18(19(23-17)22-13-25)24-8-4-2-3-5-9-24/h6-7,12,14,16,21,25H,2-5,8-11,13H2,1H3,(H,22,23)/t14-,16?/m0/s1. The minimum absolute atomic E-state index is 0.111. The van der Waals surface area contributed by atoms with Gasteiger partial charge in [0.2, 0.25) is 0 Å². The summed E-state index contributed by atoms with van der Waals surface area (Å²) in [5, 5.41) is 16.6. The second-order valence-corrected chi connectivity index (χ2v) is 7.61. The summed E-state index contributed by atoms with van der Waals surface area (Å²) < 4.78 is 0. The lowest BCUT2D eigenvalue weighted by Crippen LogP contribution is -2.26. The predicted octanol–water partition coefficient (Wildman–Crippen LogP) is 3.62. The number of allylic oxidation sites excluding steroid dienone is 1. The molecular formula is C19H29ClN4O. The van der Waals surface area contributed by atoms with Crippen molar-refractivity contribution in [1.29, 1.82) is 0 Å². The first-order valence-corrected chi connectivity index (χ1v) is 9.75. The van der Waals surface area contributed by atoms with Gasteiger partial charge in [-0.05, 0) is 37.3 Å². The molecule has 0 bridgehead atoms. The summed E-state index contributed by atoms with van der Waals surface area (Å²) in [5.41, 5.74) is 2.14. The van der Waals surface area contributed by atoms with E-state index >= 15 is 0 Å². The van der Waals surface area contributed by atoms with Crippen molar-refractivity contribution in [3.8, 4) is 0 Å². The molecule has 2 atom stereocenters.